The molecule has 0 bridgehead atoms. The zero-order valence-electron chi connectivity index (χ0n) is 9.52. The minimum Gasteiger partial charge on any atom is -0.383 e. The molecule has 0 amide bonds. The Morgan fingerprint density at radius 3 is 3.06 bits per heavy atom. The van der Waals surface area contributed by atoms with Crippen LogP contribution >= 0.6 is 38.9 Å². The van der Waals surface area contributed by atoms with Crippen molar-refractivity contribution in [2.75, 3.05) is 13.7 Å². The molecule has 0 saturated carbocycles. The SMILES string of the molecule is COCCn1ncc(Cl)c1C(=O)c1csc(Br)c1. The van der Waals surface area contributed by atoms with Gasteiger partial charge in [0.15, 0.2) is 0 Å². The first-order valence-corrected chi connectivity index (χ1v) is 7.17. The van der Waals surface area contributed by atoms with Crippen molar-refractivity contribution in [2.45, 2.75) is 6.54 Å². The van der Waals surface area contributed by atoms with Crippen LogP contribution in [-0.4, -0.2) is 29.3 Å². The molecule has 96 valence electrons. The van der Waals surface area contributed by atoms with Crippen molar-refractivity contribution in [3.8, 4) is 0 Å². The number of aromatic nitrogens is 2. The standard InChI is InChI=1S/C11H10BrClN2O2S/c1-17-3-2-15-10(8(13)5-14-15)11(16)7-4-9(12)18-6-7/h4-6H,2-3H2,1H3. The van der Waals surface area contributed by atoms with Crippen LogP contribution in [0.3, 0.4) is 0 Å². The highest BCUT2D eigenvalue weighted by molar-refractivity contribution is 9.11. The van der Waals surface area contributed by atoms with Crippen molar-refractivity contribution >= 4 is 44.7 Å². The van der Waals surface area contributed by atoms with Gasteiger partial charge >= 0.3 is 0 Å². The average Bonchev–Trinajstić information content (AvgIpc) is 2.92. The molecule has 0 spiro atoms. The van der Waals surface area contributed by atoms with Crippen molar-refractivity contribution in [1.82, 2.24) is 9.78 Å². The molecule has 18 heavy (non-hydrogen) atoms. The molecule has 0 radical (unpaired) electrons. The zero-order chi connectivity index (χ0) is 13.1. The predicted molar refractivity (Wildman–Crippen MR) is 74.6 cm³/mol. The lowest BCUT2D eigenvalue weighted by molar-refractivity contribution is 0.102. The van der Waals surface area contributed by atoms with E-state index < -0.39 is 0 Å². The number of carbonyl (C=O) groups excluding carboxylic acids is 1. The molecule has 7 heteroatoms. The van der Waals surface area contributed by atoms with Gasteiger partial charge in [0, 0.05) is 18.1 Å². The van der Waals surface area contributed by atoms with E-state index in [0.717, 1.165) is 3.79 Å². The van der Waals surface area contributed by atoms with Crippen LogP contribution in [0.4, 0.5) is 0 Å². The molecular formula is C11H10BrClN2O2S. The molecule has 2 aromatic rings. The smallest absolute Gasteiger partial charge is 0.213 e. The first-order valence-electron chi connectivity index (χ1n) is 5.12. The number of carbonyl (C=O) groups is 1. The molecule has 2 aromatic heterocycles. The lowest BCUT2D eigenvalue weighted by Crippen LogP contribution is -2.14. The molecule has 0 N–H and O–H groups in total. The van der Waals surface area contributed by atoms with Crippen LogP contribution < -0.4 is 0 Å². The normalized spacial score (nSPS) is 10.8. The Morgan fingerprint density at radius 1 is 1.67 bits per heavy atom. The molecule has 0 unspecified atom stereocenters. The quantitative estimate of drug-likeness (QED) is 0.778. The van der Waals surface area contributed by atoms with Crippen LogP contribution in [0, 0.1) is 0 Å². The maximum absolute atomic E-state index is 12.3. The lowest BCUT2D eigenvalue weighted by Gasteiger charge is -2.05. The zero-order valence-corrected chi connectivity index (χ0v) is 12.7. The van der Waals surface area contributed by atoms with Crippen LogP contribution in [-0.2, 0) is 11.3 Å². The molecule has 2 heterocycles. The summed E-state index contributed by atoms with van der Waals surface area (Å²) in [6.07, 6.45) is 1.48. The van der Waals surface area contributed by atoms with E-state index in [0.29, 0.717) is 29.4 Å². The van der Waals surface area contributed by atoms with Crippen LogP contribution in [0.15, 0.2) is 21.4 Å². The minimum atomic E-state index is -0.129. The third kappa shape index (κ3) is 2.83. The van der Waals surface area contributed by atoms with Gasteiger partial charge in [0.1, 0.15) is 5.69 Å². The number of hydrogen-bond acceptors (Lipinski definition) is 4. The van der Waals surface area contributed by atoms with Crippen molar-refractivity contribution in [2.24, 2.45) is 0 Å². The summed E-state index contributed by atoms with van der Waals surface area (Å²) in [5.74, 6) is -0.129. The van der Waals surface area contributed by atoms with Crippen molar-refractivity contribution in [1.29, 1.82) is 0 Å². The molecule has 0 aromatic carbocycles. The van der Waals surface area contributed by atoms with E-state index in [-0.39, 0.29) is 5.78 Å². The summed E-state index contributed by atoms with van der Waals surface area (Å²) in [7, 11) is 1.60. The number of rotatable bonds is 5. The Bertz CT molecular complexity index is 567. The van der Waals surface area contributed by atoms with Gasteiger partial charge in [-0.05, 0) is 22.0 Å². The van der Waals surface area contributed by atoms with Gasteiger partial charge in [-0.15, -0.1) is 11.3 Å². The lowest BCUT2D eigenvalue weighted by atomic mass is 10.1. The van der Waals surface area contributed by atoms with Crippen molar-refractivity contribution in [3.05, 3.63) is 37.7 Å². The number of ketones is 1. The fourth-order valence-corrected chi connectivity index (χ4v) is 2.87. The number of nitrogens with zero attached hydrogens (tertiary/aromatic N) is 2. The van der Waals surface area contributed by atoms with Crippen LogP contribution in [0.1, 0.15) is 16.1 Å². The predicted octanol–water partition coefficient (Wildman–Crippen LogP) is 3.24. The molecule has 4 nitrogen and oxygen atoms in total. The molecule has 0 aliphatic carbocycles. The highest BCUT2D eigenvalue weighted by Gasteiger charge is 2.20. The van der Waals surface area contributed by atoms with Gasteiger partial charge < -0.3 is 4.74 Å². The van der Waals surface area contributed by atoms with E-state index in [9.17, 15) is 4.79 Å². The second kappa shape index (κ2) is 5.97. The van der Waals surface area contributed by atoms with E-state index in [2.05, 4.69) is 21.0 Å². The van der Waals surface area contributed by atoms with Crippen LogP contribution in [0.5, 0.6) is 0 Å². The molecule has 0 atom stereocenters. The molecule has 0 fully saturated rings. The number of thiophene rings is 1. The molecule has 0 aliphatic heterocycles. The topological polar surface area (TPSA) is 44.1 Å². The van der Waals surface area contributed by atoms with E-state index in [4.69, 9.17) is 16.3 Å². The molecule has 2 rings (SSSR count). The van der Waals surface area contributed by atoms with Gasteiger partial charge in [0.2, 0.25) is 5.78 Å². The third-order valence-electron chi connectivity index (χ3n) is 2.35. The molecule has 0 saturated heterocycles. The van der Waals surface area contributed by atoms with E-state index in [1.54, 1.807) is 23.2 Å². The second-order valence-electron chi connectivity index (χ2n) is 3.53. The van der Waals surface area contributed by atoms with Gasteiger partial charge in [-0.3, -0.25) is 9.48 Å². The Labute approximate surface area is 122 Å². The number of hydrogen-bond donors (Lipinski definition) is 0. The third-order valence-corrected chi connectivity index (χ3v) is 4.13. The van der Waals surface area contributed by atoms with Gasteiger partial charge in [-0.2, -0.15) is 5.10 Å². The number of halogens is 2. The molecular weight excluding hydrogens is 340 g/mol. The van der Waals surface area contributed by atoms with E-state index in [1.807, 2.05) is 0 Å². The monoisotopic (exact) mass is 348 g/mol. The Balaban J connectivity index is 2.32. The fraction of sp³-hybridized carbons (Fsp3) is 0.273. The maximum Gasteiger partial charge on any atom is 0.213 e. The summed E-state index contributed by atoms with van der Waals surface area (Å²) < 4.78 is 7.46. The van der Waals surface area contributed by atoms with Gasteiger partial charge in [-0.1, -0.05) is 11.6 Å². The van der Waals surface area contributed by atoms with Gasteiger partial charge in [-0.25, -0.2) is 0 Å². The average molecular weight is 350 g/mol. The summed E-state index contributed by atoms with van der Waals surface area (Å²) in [6.45, 7) is 0.973. The summed E-state index contributed by atoms with van der Waals surface area (Å²) in [6, 6.07) is 1.77. The van der Waals surface area contributed by atoms with E-state index >= 15 is 0 Å². The first-order chi connectivity index (χ1) is 8.63. The first kappa shape index (κ1) is 13.7. The Morgan fingerprint density at radius 2 is 2.44 bits per heavy atom. The number of ether oxygens (including phenoxy) is 1. The molecule has 0 aliphatic rings. The number of methoxy groups -OCH3 is 1. The van der Waals surface area contributed by atoms with Gasteiger partial charge in [0.05, 0.1) is 28.2 Å². The highest BCUT2D eigenvalue weighted by Crippen LogP contribution is 2.25. The van der Waals surface area contributed by atoms with Crippen LogP contribution in [0.25, 0.3) is 0 Å². The summed E-state index contributed by atoms with van der Waals surface area (Å²) in [5.41, 5.74) is 1.01. The van der Waals surface area contributed by atoms with Gasteiger partial charge in [0.25, 0.3) is 0 Å². The largest absolute Gasteiger partial charge is 0.383 e. The van der Waals surface area contributed by atoms with E-state index in [1.165, 1.54) is 17.5 Å². The summed E-state index contributed by atoms with van der Waals surface area (Å²) >= 11 is 10.8. The fourth-order valence-electron chi connectivity index (χ4n) is 1.50. The second-order valence-corrected chi connectivity index (χ2v) is 6.22. The van der Waals surface area contributed by atoms with Crippen LogP contribution in [0.2, 0.25) is 5.02 Å². The highest BCUT2D eigenvalue weighted by atomic mass is 79.9. The Hall–Kier alpha value is -0.690. The summed E-state index contributed by atoms with van der Waals surface area (Å²) in [4.78, 5) is 12.3. The minimum absolute atomic E-state index is 0.129. The maximum atomic E-state index is 12.3. The summed E-state index contributed by atoms with van der Waals surface area (Å²) in [5, 5.41) is 6.23. The Kier molecular flexibility index (Phi) is 4.55. The van der Waals surface area contributed by atoms with Crippen molar-refractivity contribution in [3.63, 3.8) is 0 Å². The van der Waals surface area contributed by atoms with Crippen molar-refractivity contribution < 1.29 is 9.53 Å².